The molecule has 2 fully saturated rings. The molecular formula is C46H60N4O6. The van der Waals surface area contributed by atoms with Gasteiger partial charge in [-0.1, -0.05) is 30.3 Å². The maximum atomic E-state index is 6.02. The van der Waals surface area contributed by atoms with Gasteiger partial charge in [-0.2, -0.15) is 0 Å². The van der Waals surface area contributed by atoms with Crippen LogP contribution in [0, 0.1) is 5.92 Å². The molecule has 10 heteroatoms. The first kappa shape index (κ1) is 39.4. The summed E-state index contributed by atoms with van der Waals surface area (Å²) in [4.78, 5) is 10.3. The van der Waals surface area contributed by atoms with Crippen LogP contribution in [0.2, 0.25) is 0 Å². The molecule has 2 aliphatic heterocycles. The molecule has 2 saturated heterocycles. The fourth-order valence-electron chi connectivity index (χ4n) is 9.27. The van der Waals surface area contributed by atoms with Crippen LogP contribution in [-0.2, 0) is 0 Å². The summed E-state index contributed by atoms with van der Waals surface area (Å²) < 4.78 is 35.5. The van der Waals surface area contributed by atoms with Gasteiger partial charge in [-0.3, -0.25) is 9.80 Å². The van der Waals surface area contributed by atoms with Crippen LogP contribution in [0.15, 0.2) is 78.9 Å². The van der Waals surface area contributed by atoms with E-state index in [0.29, 0.717) is 25.0 Å². The average molecular weight is 765 g/mol. The number of methoxy groups -OCH3 is 4. The number of piperazine rings is 2. The first-order chi connectivity index (χ1) is 27.5. The van der Waals surface area contributed by atoms with Gasteiger partial charge in [-0.05, 0) is 104 Å². The monoisotopic (exact) mass is 764 g/mol. The van der Waals surface area contributed by atoms with E-state index in [9.17, 15) is 0 Å². The topological polar surface area (TPSA) is 68.3 Å². The van der Waals surface area contributed by atoms with Gasteiger partial charge in [0.05, 0.1) is 53.0 Å². The Morgan fingerprint density at radius 2 is 1.02 bits per heavy atom. The van der Waals surface area contributed by atoms with Crippen LogP contribution in [0.1, 0.15) is 48.8 Å². The van der Waals surface area contributed by atoms with Crippen molar-refractivity contribution in [3.8, 4) is 34.5 Å². The maximum absolute atomic E-state index is 6.02. The smallest absolute Gasteiger partial charge is 0.161 e. The highest BCUT2D eigenvalue weighted by atomic mass is 16.5. The minimum atomic E-state index is 0.137. The van der Waals surface area contributed by atoms with Gasteiger partial charge in [0, 0.05) is 64.8 Å². The molecule has 10 nitrogen and oxygen atoms in total. The Labute approximate surface area is 333 Å². The lowest BCUT2D eigenvalue weighted by Gasteiger charge is -2.40. The van der Waals surface area contributed by atoms with Gasteiger partial charge in [0.15, 0.2) is 23.0 Å². The van der Waals surface area contributed by atoms with Crippen LogP contribution in [0.5, 0.6) is 34.5 Å². The quantitative estimate of drug-likeness (QED) is 0.115. The molecule has 4 aromatic carbocycles. The summed E-state index contributed by atoms with van der Waals surface area (Å²) in [6, 6.07) is 27.8. The molecule has 4 aromatic rings. The second kappa shape index (κ2) is 18.4. The van der Waals surface area contributed by atoms with E-state index < -0.39 is 0 Å². The molecule has 0 saturated carbocycles. The first-order valence-corrected chi connectivity index (χ1v) is 20.4. The zero-order valence-corrected chi connectivity index (χ0v) is 34.2. The summed E-state index contributed by atoms with van der Waals surface area (Å²) in [6.45, 7) is 15.3. The second-order valence-electron chi connectivity index (χ2n) is 14.9. The molecular weight excluding hydrogens is 705 g/mol. The number of benzene rings is 4. The lowest BCUT2D eigenvalue weighted by Crippen LogP contribution is -2.49. The Bertz CT molecular complexity index is 1890. The van der Waals surface area contributed by atoms with E-state index in [-0.39, 0.29) is 5.92 Å². The van der Waals surface area contributed by atoms with Crippen LogP contribution < -0.4 is 38.2 Å². The molecule has 1 aliphatic carbocycles. The minimum Gasteiger partial charge on any atom is -0.493 e. The van der Waals surface area contributed by atoms with E-state index in [4.69, 9.17) is 28.4 Å². The van der Waals surface area contributed by atoms with Crippen LogP contribution in [0.25, 0.3) is 0 Å². The third kappa shape index (κ3) is 8.32. The van der Waals surface area contributed by atoms with Crippen LogP contribution in [0.3, 0.4) is 0 Å². The molecule has 3 atom stereocenters. The van der Waals surface area contributed by atoms with Gasteiger partial charge in [0.2, 0.25) is 0 Å². The predicted octanol–water partition coefficient (Wildman–Crippen LogP) is 7.40. The van der Waals surface area contributed by atoms with Gasteiger partial charge in [-0.15, -0.1) is 0 Å². The maximum Gasteiger partial charge on any atom is 0.161 e. The number of ether oxygens (including phenoxy) is 6. The summed E-state index contributed by atoms with van der Waals surface area (Å²) in [6.07, 6.45) is 1.05. The Morgan fingerprint density at radius 1 is 0.518 bits per heavy atom. The third-order valence-corrected chi connectivity index (χ3v) is 12.0. The van der Waals surface area contributed by atoms with Gasteiger partial charge < -0.3 is 38.2 Å². The van der Waals surface area contributed by atoms with Gasteiger partial charge in [-0.25, -0.2) is 0 Å². The van der Waals surface area contributed by atoms with Crippen molar-refractivity contribution in [2.75, 3.05) is 117 Å². The number of nitrogens with zero attached hydrogens (tertiary/aromatic N) is 4. The molecule has 3 aliphatic rings. The number of fused-ring (bicyclic) bond motifs is 1. The van der Waals surface area contributed by atoms with Crippen molar-refractivity contribution >= 4 is 11.4 Å². The number of anilines is 2. The number of rotatable bonds is 16. The lowest BCUT2D eigenvalue weighted by atomic mass is 9.80. The van der Waals surface area contributed by atoms with Crippen molar-refractivity contribution in [1.82, 2.24) is 9.80 Å². The highest BCUT2D eigenvalue weighted by Crippen LogP contribution is 2.55. The molecule has 0 N–H and O–H groups in total. The lowest BCUT2D eigenvalue weighted by molar-refractivity contribution is 0.185. The van der Waals surface area contributed by atoms with Crippen molar-refractivity contribution in [3.63, 3.8) is 0 Å². The molecule has 0 bridgehead atoms. The highest BCUT2D eigenvalue weighted by Gasteiger charge is 2.44. The molecule has 0 radical (unpaired) electrons. The van der Waals surface area contributed by atoms with Gasteiger partial charge in [0.1, 0.15) is 11.5 Å². The van der Waals surface area contributed by atoms with Crippen LogP contribution in [-0.4, -0.2) is 117 Å². The molecule has 0 spiro atoms. The van der Waals surface area contributed by atoms with E-state index in [1.807, 2.05) is 13.8 Å². The van der Waals surface area contributed by atoms with Gasteiger partial charge >= 0.3 is 0 Å². The summed E-state index contributed by atoms with van der Waals surface area (Å²) in [7, 11) is 6.89. The summed E-state index contributed by atoms with van der Waals surface area (Å²) in [5, 5.41) is 0. The minimum absolute atomic E-state index is 0.137. The zero-order valence-electron chi connectivity index (χ0n) is 34.2. The van der Waals surface area contributed by atoms with E-state index >= 15 is 0 Å². The largest absolute Gasteiger partial charge is 0.493 e. The molecule has 3 unspecified atom stereocenters. The van der Waals surface area contributed by atoms with E-state index in [0.717, 1.165) is 106 Å². The summed E-state index contributed by atoms with van der Waals surface area (Å²) in [5.74, 6) is 5.74. The van der Waals surface area contributed by atoms with Crippen molar-refractivity contribution in [2.45, 2.75) is 32.1 Å². The molecule has 300 valence electrons. The SMILES string of the molecule is CCOc1ccccc1N1CCN(CCC2c3cc(OC)c(OC)cc3C(c3ccc(OC)c(OC)c3)C2CN2CCN(c3ccccc3OCC)CC2)CC1. The number of hydrogen-bond donors (Lipinski definition) is 0. The molecule has 0 amide bonds. The van der Waals surface area contributed by atoms with Crippen molar-refractivity contribution < 1.29 is 28.4 Å². The fraction of sp³-hybridized carbons (Fsp3) is 0.478. The van der Waals surface area contributed by atoms with Gasteiger partial charge in [0.25, 0.3) is 0 Å². The Kier molecular flexibility index (Phi) is 13.0. The number of para-hydroxylation sites is 4. The Morgan fingerprint density at radius 3 is 1.55 bits per heavy atom. The molecule has 0 aromatic heterocycles. The van der Waals surface area contributed by atoms with E-state index in [1.165, 1.54) is 28.1 Å². The van der Waals surface area contributed by atoms with Crippen molar-refractivity contribution in [3.05, 3.63) is 95.6 Å². The Balaban J connectivity index is 1.16. The fourth-order valence-corrected chi connectivity index (χ4v) is 9.27. The summed E-state index contributed by atoms with van der Waals surface area (Å²) >= 11 is 0. The van der Waals surface area contributed by atoms with Crippen LogP contribution in [0.4, 0.5) is 11.4 Å². The molecule has 56 heavy (non-hydrogen) atoms. The van der Waals surface area contributed by atoms with E-state index in [1.54, 1.807) is 28.4 Å². The molecule has 2 heterocycles. The standard InChI is InChI=1S/C46H60N4O6/c1-7-55-40-15-11-9-13-38(40)49-25-21-47(22-26-49)20-19-34-35-30-44(53-5)45(54-6)31-36(35)46(33-17-18-42(51-3)43(29-33)52-4)37(34)32-48-23-27-50(28-24-48)39-14-10-12-16-41(39)56-8-2/h9-18,29-31,34,37,46H,7-8,19-28,32H2,1-6H3. The first-order valence-electron chi connectivity index (χ1n) is 20.4. The zero-order chi connectivity index (χ0) is 39.0. The number of hydrogen-bond acceptors (Lipinski definition) is 10. The third-order valence-electron chi connectivity index (χ3n) is 12.0. The Hall–Kier alpha value is -4.80. The normalized spacial score (nSPS) is 20.1. The molecule has 7 rings (SSSR count). The van der Waals surface area contributed by atoms with Crippen LogP contribution >= 0.6 is 0 Å². The average Bonchev–Trinajstić information content (AvgIpc) is 3.54. The highest BCUT2D eigenvalue weighted by molar-refractivity contribution is 5.60. The second-order valence-corrected chi connectivity index (χ2v) is 14.9. The predicted molar refractivity (Wildman–Crippen MR) is 224 cm³/mol. The van der Waals surface area contributed by atoms with Crippen molar-refractivity contribution in [1.29, 1.82) is 0 Å². The van der Waals surface area contributed by atoms with E-state index in [2.05, 4.69) is 98.5 Å². The summed E-state index contributed by atoms with van der Waals surface area (Å²) in [5.41, 5.74) is 6.28. The van der Waals surface area contributed by atoms with Crippen molar-refractivity contribution in [2.24, 2.45) is 5.92 Å².